The fourth-order valence-corrected chi connectivity index (χ4v) is 5.17. The Morgan fingerprint density at radius 3 is 2.31 bits per heavy atom. The van der Waals surface area contributed by atoms with Crippen molar-refractivity contribution >= 4 is 17.8 Å². The first-order valence-corrected chi connectivity index (χ1v) is 12.7. The summed E-state index contributed by atoms with van der Waals surface area (Å²) in [7, 11) is 1.67. The third-order valence-electron chi connectivity index (χ3n) is 7.09. The van der Waals surface area contributed by atoms with Crippen LogP contribution in [0.25, 0.3) is 0 Å². The van der Waals surface area contributed by atoms with Crippen LogP contribution in [0.3, 0.4) is 0 Å². The number of nitrogens with one attached hydrogen (secondary N) is 1. The van der Waals surface area contributed by atoms with Crippen molar-refractivity contribution in [1.82, 2.24) is 25.1 Å². The van der Waals surface area contributed by atoms with Gasteiger partial charge < -0.3 is 20.2 Å². The number of hydrogen-bond acceptors (Lipinski definition) is 5. The van der Waals surface area contributed by atoms with Gasteiger partial charge in [0.15, 0.2) is 0 Å². The van der Waals surface area contributed by atoms with E-state index in [1.165, 1.54) is 34.2 Å². The lowest BCUT2D eigenvalue weighted by atomic mass is 9.98. The van der Waals surface area contributed by atoms with Crippen LogP contribution < -0.4 is 5.32 Å². The molecule has 0 bridgehead atoms. The van der Waals surface area contributed by atoms with Crippen LogP contribution in [0.5, 0.6) is 5.75 Å². The number of halogens is 1. The van der Waals surface area contributed by atoms with Crippen LogP contribution in [0, 0.1) is 5.82 Å². The van der Waals surface area contributed by atoms with E-state index < -0.39 is 12.2 Å². The van der Waals surface area contributed by atoms with Gasteiger partial charge in [-0.05, 0) is 41.0 Å². The second-order valence-electron chi connectivity index (χ2n) is 9.82. The van der Waals surface area contributed by atoms with E-state index >= 15 is 0 Å². The summed E-state index contributed by atoms with van der Waals surface area (Å²) in [6, 6.07) is 20.7. The Kier molecular flexibility index (Phi) is 7.47. The maximum atomic E-state index is 13.8. The number of hydrogen-bond donors (Lipinski definition) is 2. The predicted octanol–water partition coefficient (Wildman–Crippen LogP) is 2.71. The van der Waals surface area contributed by atoms with Crippen LogP contribution in [-0.2, 0) is 29.1 Å². The molecule has 2 fully saturated rings. The first-order chi connectivity index (χ1) is 18.8. The summed E-state index contributed by atoms with van der Waals surface area (Å²) in [5, 5.41) is 15.7. The van der Waals surface area contributed by atoms with E-state index in [1.54, 1.807) is 41.2 Å². The quantitative estimate of drug-likeness (QED) is 0.510. The molecule has 4 amide bonds. The first kappa shape index (κ1) is 26.2. The maximum Gasteiger partial charge on any atom is 0.334 e. The molecule has 2 aliphatic rings. The Hall–Kier alpha value is -4.44. The minimum atomic E-state index is -0.862. The average molecular weight is 532 g/mol. The van der Waals surface area contributed by atoms with Gasteiger partial charge in [0, 0.05) is 26.6 Å². The molecule has 202 valence electrons. The van der Waals surface area contributed by atoms with Gasteiger partial charge in [0.25, 0.3) is 0 Å². The second kappa shape index (κ2) is 11.1. The van der Waals surface area contributed by atoms with Crippen molar-refractivity contribution in [2.24, 2.45) is 0 Å². The maximum absolute atomic E-state index is 13.8. The van der Waals surface area contributed by atoms with Gasteiger partial charge in [-0.25, -0.2) is 19.2 Å². The van der Waals surface area contributed by atoms with Crippen LogP contribution in [0.4, 0.5) is 9.18 Å². The summed E-state index contributed by atoms with van der Waals surface area (Å²) < 4.78 is 13.5. The van der Waals surface area contributed by atoms with Gasteiger partial charge in [0.1, 0.15) is 23.8 Å². The van der Waals surface area contributed by atoms with Crippen molar-refractivity contribution < 1.29 is 23.9 Å². The largest absolute Gasteiger partial charge is 0.508 e. The molecule has 0 aromatic heterocycles. The minimum Gasteiger partial charge on any atom is -0.508 e. The Balaban J connectivity index is 1.45. The molecular weight excluding hydrogens is 501 g/mol. The van der Waals surface area contributed by atoms with E-state index in [2.05, 4.69) is 5.32 Å². The zero-order chi connectivity index (χ0) is 27.5. The topological polar surface area (TPSA) is 96.4 Å². The number of phenolic OH excluding ortho intramolecular Hbond substituents is 1. The molecule has 2 saturated heterocycles. The molecule has 10 heteroatoms. The molecule has 0 radical (unpaired) electrons. The SMILES string of the molecule is CN1CC(=O)N2[C@@H](Cc3ccc(O)cc3)C(=O)N(Cc3ccc(F)cc3)C[C@@H]2N1C(=O)NCc1ccccc1. The Morgan fingerprint density at radius 1 is 0.949 bits per heavy atom. The molecule has 3 aromatic rings. The Morgan fingerprint density at radius 2 is 1.62 bits per heavy atom. The van der Waals surface area contributed by atoms with Crippen molar-refractivity contribution in [2.75, 3.05) is 20.1 Å². The lowest BCUT2D eigenvalue weighted by Gasteiger charge is -2.54. The lowest BCUT2D eigenvalue weighted by molar-refractivity contribution is -0.187. The summed E-state index contributed by atoms with van der Waals surface area (Å²) in [5.41, 5.74) is 2.43. The molecule has 2 heterocycles. The van der Waals surface area contributed by atoms with Crippen molar-refractivity contribution in [3.05, 3.63) is 101 Å². The summed E-state index contributed by atoms with van der Waals surface area (Å²) in [6.07, 6.45) is -0.530. The van der Waals surface area contributed by atoms with E-state index in [1.807, 2.05) is 30.3 Å². The number of urea groups is 1. The van der Waals surface area contributed by atoms with Gasteiger partial charge in [0.2, 0.25) is 11.8 Å². The van der Waals surface area contributed by atoms with Crippen LogP contribution >= 0.6 is 0 Å². The average Bonchev–Trinajstić information content (AvgIpc) is 2.92. The number of amides is 4. The number of phenols is 1. The van der Waals surface area contributed by atoms with E-state index in [-0.39, 0.29) is 55.5 Å². The molecule has 9 nitrogen and oxygen atoms in total. The molecule has 0 saturated carbocycles. The van der Waals surface area contributed by atoms with E-state index in [0.29, 0.717) is 6.54 Å². The molecule has 2 N–H and O–H groups in total. The predicted molar refractivity (Wildman–Crippen MR) is 141 cm³/mol. The van der Waals surface area contributed by atoms with Gasteiger partial charge in [-0.2, -0.15) is 0 Å². The van der Waals surface area contributed by atoms with Crippen LogP contribution in [0.15, 0.2) is 78.9 Å². The number of hydrazine groups is 1. The number of carbonyl (C=O) groups is 3. The van der Waals surface area contributed by atoms with Crippen molar-refractivity contribution in [3.63, 3.8) is 0 Å². The zero-order valence-corrected chi connectivity index (χ0v) is 21.5. The Labute approximate surface area is 226 Å². The van der Waals surface area contributed by atoms with Gasteiger partial charge in [0.05, 0.1) is 13.1 Å². The summed E-state index contributed by atoms with van der Waals surface area (Å²) in [5.74, 6) is -0.790. The fraction of sp³-hybridized carbons (Fsp3) is 0.276. The van der Waals surface area contributed by atoms with Gasteiger partial charge in [-0.15, -0.1) is 0 Å². The molecule has 2 atom stereocenters. The van der Waals surface area contributed by atoms with Crippen LogP contribution in [0.1, 0.15) is 16.7 Å². The van der Waals surface area contributed by atoms with E-state index in [0.717, 1.165) is 16.7 Å². The smallest absolute Gasteiger partial charge is 0.334 e. The minimum absolute atomic E-state index is 0.0629. The summed E-state index contributed by atoms with van der Waals surface area (Å²) in [4.78, 5) is 43.8. The number of fused-ring (bicyclic) bond motifs is 1. The monoisotopic (exact) mass is 531 g/mol. The zero-order valence-electron chi connectivity index (χ0n) is 21.5. The van der Waals surface area contributed by atoms with Gasteiger partial charge in [-0.1, -0.05) is 54.6 Å². The third kappa shape index (κ3) is 5.70. The molecule has 39 heavy (non-hydrogen) atoms. The van der Waals surface area contributed by atoms with Gasteiger partial charge >= 0.3 is 6.03 Å². The molecule has 3 aromatic carbocycles. The van der Waals surface area contributed by atoms with Gasteiger partial charge in [-0.3, -0.25) is 9.59 Å². The molecule has 0 spiro atoms. The lowest BCUT2D eigenvalue weighted by Crippen LogP contribution is -2.76. The highest BCUT2D eigenvalue weighted by molar-refractivity contribution is 5.91. The highest BCUT2D eigenvalue weighted by atomic mass is 19.1. The third-order valence-corrected chi connectivity index (χ3v) is 7.09. The number of rotatable bonds is 6. The van der Waals surface area contributed by atoms with Crippen molar-refractivity contribution in [1.29, 1.82) is 0 Å². The number of likely N-dealkylation sites (N-methyl/N-ethyl adjacent to an activating group) is 1. The van der Waals surface area contributed by atoms with E-state index in [9.17, 15) is 23.9 Å². The molecule has 0 aliphatic carbocycles. The standard InChI is InChI=1S/C29H30FN5O4/c1-32-19-27(37)34-25(15-20-9-13-24(36)14-10-20)28(38)33(17-22-7-11-23(30)12-8-22)18-26(34)35(32)29(39)31-16-21-5-3-2-4-6-21/h2-14,25-26,36H,15-19H2,1H3,(H,31,39)/t25-,26-/m0/s1. The van der Waals surface area contributed by atoms with Crippen LogP contribution in [-0.4, -0.2) is 75.1 Å². The molecule has 5 rings (SSSR count). The highest BCUT2D eigenvalue weighted by Gasteiger charge is 2.50. The highest BCUT2D eigenvalue weighted by Crippen LogP contribution is 2.29. The number of nitrogens with zero attached hydrogens (tertiary/aromatic N) is 4. The molecular formula is C29H30FN5O4. The second-order valence-corrected chi connectivity index (χ2v) is 9.82. The number of aromatic hydroxyl groups is 1. The van der Waals surface area contributed by atoms with Crippen molar-refractivity contribution in [2.45, 2.75) is 31.7 Å². The number of benzene rings is 3. The first-order valence-electron chi connectivity index (χ1n) is 12.7. The summed E-state index contributed by atoms with van der Waals surface area (Å²) in [6.45, 7) is 0.538. The summed E-state index contributed by atoms with van der Waals surface area (Å²) >= 11 is 0. The van der Waals surface area contributed by atoms with E-state index in [4.69, 9.17) is 0 Å². The number of piperazine rings is 1. The molecule has 0 unspecified atom stereocenters. The number of carbonyl (C=O) groups excluding carboxylic acids is 3. The van der Waals surface area contributed by atoms with Crippen LogP contribution in [0.2, 0.25) is 0 Å². The fourth-order valence-electron chi connectivity index (χ4n) is 5.17. The normalized spacial score (nSPS) is 19.7. The Bertz CT molecular complexity index is 1340. The molecule has 2 aliphatic heterocycles. The van der Waals surface area contributed by atoms with Crippen molar-refractivity contribution in [3.8, 4) is 5.75 Å².